The van der Waals surface area contributed by atoms with Crippen LogP contribution in [0.15, 0.2) is 24.3 Å². The standard InChI is InChI=1S/C24H38N2O4/c1-17(18-9-11-19(29-8)12-10-18)26-16-24(7,15-20(26)27)25-21(28)30-23(5,6)14-13-22(2,3)4/h9-12,17H,13-16H2,1-8H3,(H,25,28)/t17-,24?/m0/s1. The Bertz CT molecular complexity index is 751. The third kappa shape index (κ3) is 6.64. The van der Waals surface area contributed by atoms with Gasteiger partial charge in [-0.3, -0.25) is 4.79 Å². The quantitative estimate of drug-likeness (QED) is 0.671. The second-order valence-corrected chi connectivity index (χ2v) is 10.5. The molecule has 0 aliphatic carbocycles. The molecule has 1 aliphatic heterocycles. The van der Waals surface area contributed by atoms with E-state index in [4.69, 9.17) is 9.47 Å². The second-order valence-electron chi connectivity index (χ2n) is 10.5. The Kier molecular flexibility index (Phi) is 7.10. The number of likely N-dealkylation sites (tertiary alicyclic amines) is 1. The van der Waals surface area contributed by atoms with Crippen molar-refractivity contribution in [3.05, 3.63) is 29.8 Å². The Morgan fingerprint density at radius 1 is 1.17 bits per heavy atom. The zero-order valence-electron chi connectivity index (χ0n) is 19.8. The van der Waals surface area contributed by atoms with Crippen molar-refractivity contribution in [3.63, 3.8) is 0 Å². The van der Waals surface area contributed by atoms with Crippen LogP contribution >= 0.6 is 0 Å². The number of amides is 2. The van der Waals surface area contributed by atoms with E-state index in [0.29, 0.717) is 6.54 Å². The van der Waals surface area contributed by atoms with Gasteiger partial charge in [0.25, 0.3) is 0 Å². The maximum Gasteiger partial charge on any atom is 0.408 e. The van der Waals surface area contributed by atoms with Crippen LogP contribution in [-0.2, 0) is 9.53 Å². The maximum absolute atomic E-state index is 12.7. The van der Waals surface area contributed by atoms with Crippen LogP contribution in [0.2, 0.25) is 0 Å². The van der Waals surface area contributed by atoms with E-state index in [0.717, 1.165) is 24.2 Å². The van der Waals surface area contributed by atoms with Gasteiger partial charge in [-0.05, 0) is 63.6 Å². The summed E-state index contributed by atoms with van der Waals surface area (Å²) >= 11 is 0. The van der Waals surface area contributed by atoms with E-state index < -0.39 is 17.2 Å². The van der Waals surface area contributed by atoms with E-state index in [1.807, 2.05) is 56.9 Å². The topological polar surface area (TPSA) is 67.9 Å². The monoisotopic (exact) mass is 418 g/mol. The van der Waals surface area contributed by atoms with E-state index in [-0.39, 0.29) is 23.8 Å². The molecule has 2 amide bonds. The number of methoxy groups -OCH3 is 1. The smallest absolute Gasteiger partial charge is 0.408 e. The number of benzene rings is 1. The molecule has 0 bridgehead atoms. The predicted molar refractivity (Wildman–Crippen MR) is 119 cm³/mol. The maximum atomic E-state index is 12.7. The number of carbonyl (C=O) groups excluding carboxylic acids is 2. The van der Waals surface area contributed by atoms with Crippen molar-refractivity contribution in [2.24, 2.45) is 5.41 Å². The molecule has 6 heteroatoms. The highest BCUT2D eigenvalue weighted by Gasteiger charge is 2.43. The Hall–Kier alpha value is -2.24. The van der Waals surface area contributed by atoms with Crippen molar-refractivity contribution in [1.82, 2.24) is 10.2 Å². The highest BCUT2D eigenvalue weighted by molar-refractivity contribution is 5.82. The van der Waals surface area contributed by atoms with Crippen molar-refractivity contribution in [2.45, 2.75) is 84.9 Å². The summed E-state index contributed by atoms with van der Waals surface area (Å²) in [5.41, 5.74) is -0.0141. The van der Waals surface area contributed by atoms with Crippen molar-refractivity contribution >= 4 is 12.0 Å². The van der Waals surface area contributed by atoms with Crippen LogP contribution in [0, 0.1) is 5.41 Å². The van der Waals surface area contributed by atoms with Gasteiger partial charge in [0.1, 0.15) is 11.4 Å². The Morgan fingerprint density at radius 3 is 2.30 bits per heavy atom. The molecule has 1 fully saturated rings. The van der Waals surface area contributed by atoms with Crippen LogP contribution in [-0.4, -0.2) is 41.7 Å². The highest BCUT2D eigenvalue weighted by atomic mass is 16.6. The molecule has 0 radical (unpaired) electrons. The van der Waals surface area contributed by atoms with Crippen LogP contribution < -0.4 is 10.1 Å². The van der Waals surface area contributed by atoms with Gasteiger partial charge in [0.15, 0.2) is 0 Å². The summed E-state index contributed by atoms with van der Waals surface area (Å²) in [5, 5.41) is 2.95. The van der Waals surface area contributed by atoms with Gasteiger partial charge in [0.2, 0.25) is 5.91 Å². The first-order valence-electron chi connectivity index (χ1n) is 10.7. The predicted octanol–water partition coefficient (Wildman–Crippen LogP) is 5.08. The van der Waals surface area contributed by atoms with Gasteiger partial charge >= 0.3 is 6.09 Å². The normalized spacial score (nSPS) is 20.8. The van der Waals surface area contributed by atoms with Crippen molar-refractivity contribution in [2.75, 3.05) is 13.7 Å². The summed E-state index contributed by atoms with van der Waals surface area (Å²) in [6.07, 6.45) is 1.52. The van der Waals surface area contributed by atoms with Crippen LogP contribution in [0.25, 0.3) is 0 Å². The first-order valence-corrected chi connectivity index (χ1v) is 10.7. The van der Waals surface area contributed by atoms with Crippen LogP contribution in [0.3, 0.4) is 0 Å². The molecule has 1 unspecified atom stereocenters. The molecule has 1 heterocycles. The molecule has 0 spiro atoms. The van der Waals surface area contributed by atoms with Gasteiger partial charge < -0.3 is 19.7 Å². The zero-order valence-corrected chi connectivity index (χ0v) is 19.8. The minimum atomic E-state index is -0.658. The molecule has 1 aromatic carbocycles. The molecule has 1 N–H and O–H groups in total. The molecule has 1 aliphatic rings. The summed E-state index contributed by atoms with van der Waals surface area (Å²) in [5.74, 6) is 0.801. The lowest BCUT2D eigenvalue weighted by atomic mass is 9.86. The van der Waals surface area contributed by atoms with E-state index in [1.165, 1.54) is 0 Å². The minimum absolute atomic E-state index is 0.0214. The van der Waals surface area contributed by atoms with E-state index in [9.17, 15) is 9.59 Å². The fourth-order valence-corrected chi connectivity index (χ4v) is 3.70. The van der Waals surface area contributed by atoms with Gasteiger partial charge in [-0.1, -0.05) is 32.9 Å². The summed E-state index contributed by atoms with van der Waals surface area (Å²) in [7, 11) is 1.63. The second kappa shape index (κ2) is 8.86. The molecular weight excluding hydrogens is 380 g/mol. The van der Waals surface area contributed by atoms with Crippen molar-refractivity contribution in [3.8, 4) is 5.75 Å². The summed E-state index contributed by atoms with van der Waals surface area (Å²) in [6.45, 7) is 14.7. The van der Waals surface area contributed by atoms with Gasteiger partial charge in [0, 0.05) is 6.54 Å². The summed E-state index contributed by atoms with van der Waals surface area (Å²) < 4.78 is 10.9. The first-order chi connectivity index (χ1) is 13.7. The molecule has 1 aromatic rings. The largest absolute Gasteiger partial charge is 0.497 e. The van der Waals surface area contributed by atoms with Crippen LogP contribution in [0.4, 0.5) is 4.79 Å². The average Bonchev–Trinajstić information content (AvgIpc) is 2.92. The van der Waals surface area contributed by atoms with Crippen molar-refractivity contribution < 1.29 is 19.1 Å². The molecule has 2 rings (SSSR count). The summed E-state index contributed by atoms with van der Waals surface area (Å²) in [6, 6.07) is 7.62. The lowest BCUT2D eigenvalue weighted by molar-refractivity contribution is -0.129. The fraction of sp³-hybridized carbons (Fsp3) is 0.667. The van der Waals surface area contributed by atoms with E-state index in [1.54, 1.807) is 7.11 Å². The molecule has 30 heavy (non-hydrogen) atoms. The number of nitrogens with zero attached hydrogens (tertiary/aromatic N) is 1. The number of hydrogen-bond acceptors (Lipinski definition) is 4. The molecule has 0 aromatic heterocycles. The average molecular weight is 419 g/mol. The first kappa shape index (κ1) is 24.0. The number of rotatable bonds is 7. The SMILES string of the molecule is COc1ccc([C@H](C)N2CC(C)(NC(=O)OC(C)(C)CCC(C)(C)C)CC2=O)cc1. The number of ether oxygens (including phenoxy) is 2. The fourth-order valence-electron chi connectivity index (χ4n) is 3.70. The van der Waals surface area contributed by atoms with Gasteiger partial charge in [-0.15, -0.1) is 0 Å². The minimum Gasteiger partial charge on any atom is -0.497 e. The number of alkyl carbamates (subject to hydrolysis) is 1. The Balaban J connectivity index is 1.98. The lowest BCUT2D eigenvalue weighted by Crippen LogP contribution is -2.50. The van der Waals surface area contributed by atoms with Gasteiger partial charge in [0.05, 0.1) is 25.1 Å². The van der Waals surface area contributed by atoms with Crippen LogP contribution in [0.1, 0.15) is 79.3 Å². The third-order valence-electron chi connectivity index (χ3n) is 5.70. The summed E-state index contributed by atoms with van der Waals surface area (Å²) in [4.78, 5) is 27.1. The number of hydrogen-bond donors (Lipinski definition) is 1. The van der Waals surface area contributed by atoms with E-state index >= 15 is 0 Å². The molecule has 1 saturated heterocycles. The highest BCUT2D eigenvalue weighted by Crippen LogP contribution is 2.32. The molecular formula is C24H38N2O4. The third-order valence-corrected chi connectivity index (χ3v) is 5.70. The lowest BCUT2D eigenvalue weighted by Gasteiger charge is -2.32. The van der Waals surface area contributed by atoms with Crippen molar-refractivity contribution in [1.29, 1.82) is 0 Å². The van der Waals surface area contributed by atoms with Gasteiger partial charge in [-0.25, -0.2) is 4.79 Å². The Labute approximate surface area is 181 Å². The Morgan fingerprint density at radius 2 is 1.77 bits per heavy atom. The molecule has 168 valence electrons. The zero-order chi connectivity index (χ0) is 22.7. The number of carbonyl (C=O) groups is 2. The molecule has 6 nitrogen and oxygen atoms in total. The van der Waals surface area contributed by atoms with Gasteiger partial charge in [-0.2, -0.15) is 0 Å². The van der Waals surface area contributed by atoms with Crippen LogP contribution in [0.5, 0.6) is 5.75 Å². The molecule has 0 saturated carbocycles. The number of nitrogens with one attached hydrogen (secondary N) is 1. The van der Waals surface area contributed by atoms with E-state index in [2.05, 4.69) is 26.1 Å². The molecule has 2 atom stereocenters.